The van der Waals surface area contributed by atoms with Crippen LogP contribution in [-0.4, -0.2) is 4.98 Å². The Morgan fingerprint density at radius 1 is 1.18 bits per heavy atom. The standard InChI is InChI=1S/C15H20N2/c1-2-3-4-9-14(16)12-7-5-10-15-13(12)8-6-11-17-15/h5-8,10-11,14H,2-4,9,16H2,1H3. The fourth-order valence-electron chi connectivity index (χ4n) is 2.22. The summed E-state index contributed by atoms with van der Waals surface area (Å²) in [6.45, 7) is 2.22. The lowest BCUT2D eigenvalue weighted by Gasteiger charge is -2.14. The van der Waals surface area contributed by atoms with Gasteiger partial charge in [0.05, 0.1) is 5.52 Å². The summed E-state index contributed by atoms with van der Waals surface area (Å²) in [5.41, 5.74) is 8.54. The lowest BCUT2D eigenvalue weighted by Crippen LogP contribution is -2.10. The van der Waals surface area contributed by atoms with Crippen molar-refractivity contribution in [2.75, 3.05) is 0 Å². The topological polar surface area (TPSA) is 38.9 Å². The first-order valence-electron chi connectivity index (χ1n) is 6.42. The van der Waals surface area contributed by atoms with E-state index in [1.54, 1.807) is 0 Å². The van der Waals surface area contributed by atoms with E-state index in [0.29, 0.717) is 0 Å². The average Bonchev–Trinajstić information content (AvgIpc) is 2.38. The van der Waals surface area contributed by atoms with Gasteiger partial charge in [-0.15, -0.1) is 0 Å². The lowest BCUT2D eigenvalue weighted by molar-refractivity contribution is 0.584. The zero-order valence-electron chi connectivity index (χ0n) is 10.4. The van der Waals surface area contributed by atoms with Gasteiger partial charge in [0.2, 0.25) is 0 Å². The molecule has 90 valence electrons. The highest BCUT2D eigenvalue weighted by atomic mass is 14.7. The number of hydrogen-bond acceptors (Lipinski definition) is 2. The highest BCUT2D eigenvalue weighted by molar-refractivity contribution is 5.82. The van der Waals surface area contributed by atoms with Crippen molar-refractivity contribution in [2.24, 2.45) is 5.73 Å². The molecule has 17 heavy (non-hydrogen) atoms. The number of hydrogen-bond donors (Lipinski definition) is 1. The summed E-state index contributed by atoms with van der Waals surface area (Å²) >= 11 is 0. The minimum Gasteiger partial charge on any atom is -0.324 e. The van der Waals surface area contributed by atoms with E-state index in [9.17, 15) is 0 Å². The monoisotopic (exact) mass is 228 g/mol. The van der Waals surface area contributed by atoms with Gasteiger partial charge in [-0.2, -0.15) is 0 Å². The third kappa shape index (κ3) is 2.83. The maximum atomic E-state index is 6.27. The van der Waals surface area contributed by atoms with Crippen LogP contribution in [0.3, 0.4) is 0 Å². The predicted octanol–water partition coefficient (Wildman–Crippen LogP) is 3.81. The normalized spacial score (nSPS) is 12.8. The van der Waals surface area contributed by atoms with Crippen LogP contribution in [0.4, 0.5) is 0 Å². The molecule has 0 aliphatic carbocycles. The molecule has 0 bridgehead atoms. The highest BCUT2D eigenvalue weighted by Crippen LogP contribution is 2.24. The quantitative estimate of drug-likeness (QED) is 0.790. The Morgan fingerprint density at radius 3 is 2.88 bits per heavy atom. The molecule has 0 aliphatic heterocycles. The van der Waals surface area contributed by atoms with Crippen LogP contribution in [0.25, 0.3) is 10.9 Å². The molecule has 2 N–H and O–H groups in total. The van der Waals surface area contributed by atoms with Gasteiger partial charge in [-0.05, 0) is 24.1 Å². The number of nitrogens with two attached hydrogens (primary N) is 1. The molecule has 0 radical (unpaired) electrons. The molecule has 0 fully saturated rings. The minimum absolute atomic E-state index is 0.134. The van der Waals surface area contributed by atoms with Crippen molar-refractivity contribution in [1.82, 2.24) is 4.98 Å². The first kappa shape index (κ1) is 12.1. The maximum Gasteiger partial charge on any atom is 0.0705 e. The summed E-state index contributed by atoms with van der Waals surface area (Å²) in [6, 6.07) is 10.4. The summed E-state index contributed by atoms with van der Waals surface area (Å²) in [7, 11) is 0. The fourth-order valence-corrected chi connectivity index (χ4v) is 2.22. The van der Waals surface area contributed by atoms with E-state index in [1.807, 2.05) is 24.4 Å². The van der Waals surface area contributed by atoms with E-state index in [1.165, 1.54) is 30.2 Å². The summed E-state index contributed by atoms with van der Waals surface area (Å²) < 4.78 is 0. The second kappa shape index (κ2) is 5.78. The molecule has 2 rings (SSSR count). The third-order valence-electron chi connectivity index (χ3n) is 3.20. The van der Waals surface area contributed by atoms with E-state index in [-0.39, 0.29) is 6.04 Å². The number of pyridine rings is 1. The SMILES string of the molecule is CCCCCC(N)c1cccc2ncccc12. The zero-order valence-corrected chi connectivity index (χ0v) is 10.4. The number of fused-ring (bicyclic) bond motifs is 1. The fraction of sp³-hybridized carbons (Fsp3) is 0.400. The number of rotatable bonds is 5. The molecule has 0 aliphatic rings. The average molecular weight is 228 g/mol. The first-order valence-corrected chi connectivity index (χ1v) is 6.42. The molecule has 1 heterocycles. The Morgan fingerprint density at radius 2 is 2.06 bits per heavy atom. The molecule has 2 nitrogen and oxygen atoms in total. The molecule has 0 saturated heterocycles. The van der Waals surface area contributed by atoms with Crippen LogP contribution in [0.5, 0.6) is 0 Å². The Labute approximate surface area is 103 Å². The molecule has 2 aromatic rings. The second-order valence-electron chi connectivity index (χ2n) is 4.52. The predicted molar refractivity (Wildman–Crippen MR) is 72.8 cm³/mol. The largest absolute Gasteiger partial charge is 0.324 e. The molecule has 1 unspecified atom stereocenters. The van der Waals surface area contributed by atoms with Crippen molar-refractivity contribution in [3.63, 3.8) is 0 Å². The van der Waals surface area contributed by atoms with Gasteiger partial charge in [0.15, 0.2) is 0 Å². The molecular weight excluding hydrogens is 208 g/mol. The van der Waals surface area contributed by atoms with Crippen molar-refractivity contribution >= 4 is 10.9 Å². The van der Waals surface area contributed by atoms with E-state index >= 15 is 0 Å². The molecule has 1 aromatic carbocycles. The molecule has 1 atom stereocenters. The van der Waals surface area contributed by atoms with Gasteiger partial charge in [-0.1, -0.05) is 44.4 Å². The Bertz CT molecular complexity index is 474. The molecule has 0 saturated carbocycles. The highest BCUT2D eigenvalue weighted by Gasteiger charge is 2.09. The van der Waals surface area contributed by atoms with E-state index in [4.69, 9.17) is 5.73 Å². The van der Waals surface area contributed by atoms with Crippen molar-refractivity contribution in [2.45, 2.75) is 38.6 Å². The van der Waals surface area contributed by atoms with Crippen LogP contribution >= 0.6 is 0 Å². The number of aromatic nitrogens is 1. The van der Waals surface area contributed by atoms with Crippen LogP contribution in [0.1, 0.15) is 44.2 Å². The summed E-state index contributed by atoms with van der Waals surface area (Å²) in [4.78, 5) is 4.37. The van der Waals surface area contributed by atoms with Gasteiger partial charge >= 0.3 is 0 Å². The molecule has 0 spiro atoms. The number of unbranched alkanes of at least 4 members (excludes halogenated alkanes) is 2. The lowest BCUT2D eigenvalue weighted by atomic mass is 9.97. The number of nitrogens with zero attached hydrogens (tertiary/aromatic N) is 1. The molecule has 1 aromatic heterocycles. The van der Waals surface area contributed by atoms with E-state index in [0.717, 1.165) is 11.9 Å². The minimum atomic E-state index is 0.134. The summed E-state index contributed by atoms with van der Waals surface area (Å²) in [5.74, 6) is 0. The number of benzene rings is 1. The summed E-state index contributed by atoms with van der Waals surface area (Å²) in [5, 5.41) is 1.19. The second-order valence-corrected chi connectivity index (χ2v) is 4.52. The third-order valence-corrected chi connectivity index (χ3v) is 3.20. The van der Waals surface area contributed by atoms with Gasteiger partial charge in [-0.25, -0.2) is 0 Å². The van der Waals surface area contributed by atoms with E-state index in [2.05, 4.69) is 24.0 Å². The smallest absolute Gasteiger partial charge is 0.0705 e. The zero-order chi connectivity index (χ0) is 12.1. The van der Waals surface area contributed by atoms with Crippen molar-refractivity contribution in [3.05, 3.63) is 42.1 Å². The van der Waals surface area contributed by atoms with Crippen LogP contribution in [0.2, 0.25) is 0 Å². The van der Waals surface area contributed by atoms with Crippen molar-refractivity contribution < 1.29 is 0 Å². The van der Waals surface area contributed by atoms with Gasteiger partial charge in [-0.3, -0.25) is 4.98 Å². The van der Waals surface area contributed by atoms with Crippen molar-refractivity contribution in [1.29, 1.82) is 0 Å². The Hall–Kier alpha value is -1.41. The molecule has 0 amide bonds. The molecular formula is C15H20N2. The van der Waals surface area contributed by atoms with Crippen LogP contribution in [0.15, 0.2) is 36.5 Å². The Kier molecular flexibility index (Phi) is 4.10. The summed E-state index contributed by atoms with van der Waals surface area (Å²) in [6.07, 6.45) is 6.59. The maximum absolute atomic E-state index is 6.27. The van der Waals surface area contributed by atoms with E-state index < -0.39 is 0 Å². The van der Waals surface area contributed by atoms with Crippen LogP contribution in [-0.2, 0) is 0 Å². The van der Waals surface area contributed by atoms with Crippen LogP contribution in [0, 0.1) is 0 Å². The van der Waals surface area contributed by atoms with Gasteiger partial charge in [0, 0.05) is 17.6 Å². The molecule has 2 heteroatoms. The first-order chi connectivity index (χ1) is 8.33. The van der Waals surface area contributed by atoms with Crippen LogP contribution < -0.4 is 5.73 Å². The van der Waals surface area contributed by atoms with Gasteiger partial charge < -0.3 is 5.73 Å². The van der Waals surface area contributed by atoms with Gasteiger partial charge in [0.1, 0.15) is 0 Å². The Balaban J connectivity index is 2.22. The van der Waals surface area contributed by atoms with Crippen molar-refractivity contribution in [3.8, 4) is 0 Å². The van der Waals surface area contributed by atoms with Gasteiger partial charge in [0.25, 0.3) is 0 Å².